The van der Waals surface area contributed by atoms with E-state index in [-0.39, 0.29) is 5.91 Å². The number of carbonyl (C=O) groups excluding carboxylic acids is 1. The second-order valence-electron chi connectivity index (χ2n) is 4.89. The predicted molar refractivity (Wildman–Crippen MR) is 76.6 cm³/mol. The van der Waals surface area contributed by atoms with Crippen molar-refractivity contribution in [2.24, 2.45) is 7.05 Å². The van der Waals surface area contributed by atoms with Gasteiger partial charge in [-0.05, 0) is 38.8 Å². The first kappa shape index (κ1) is 13.3. The van der Waals surface area contributed by atoms with Crippen LogP contribution in [0.2, 0.25) is 0 Å². The van der Waals surface area contributed by atoms with Crippen molar-refractivity contribution in [3.8, 4) is 0 Å². The minimum Gasteiger partial charge on any atom is -0.321 e. The first-order chi connectivity index (χ1) is 8.91. The minimum absolute atomic E-state index is 0.0968. The lowest BCUT2D eigenvalue weighted by Gasteiger charge is -2.11. The van der Waals surface area contributed by atoms with Gasteiger partial charge in [-0.3, -0.25) is 9.48 Å². The number of para-hydroxylation sites is 1. The van der Waals surface area contributed by atoms with E-state index in [4.69, 9.17) is 0 Å². The van der Waals surface area contributed by atoms with Crippen LogP contribution in [0.4, 0.5) is 5.69 Å². The van der Waals surface area contributed by atoms with Crippen molar-refractivity contribution in [1.82, 2.24) is 9.78 Å². The molecule has 1 N–H and O–H groups in total. The number of anilines is 1. The largest absolute Gasteiger partial charge is 0.321 e. The van der Waals surface area contributed by atoms with E-state index in [2.05, 4.69) is 10.4 Å². The fourth-order valence-corrected chi connectivity index (χ4v) is 2.29. The summed E-state index contributed by atoms with van der Waals surface area (Å²) in [6, 6.07) is 5.97. The van der Waals surface area contributed by atoms with Crippen LogP contribution in [-0.4, -0.2) is 15.7 Å². The average Bonchev–Trinajstić information content (AvgIpc) is 2.58. The zero-order valence-electron chi connectivity index (χ0n) is 12.0. The maximum absolute atomic E-state index is 12.4. The van der Waals surface area contributed by atoms with Gasteiger partial charge in [-0.25, -0.2) is 0 Å². The molecule has 0 atom stereocenters. The molecule has 0 spiro atoms. The second kappa shape index (κ2) is 4.88. The predicted octanol–water partition coefficient (Wildman–Crippen LogP) is 2.91. The summed E-state index contributed by atoms with van der Waals surface area (Å²) in [4.78, 5) is 12.4. The molecule has 0 radical (unpaired) electrons. The molecule has 0 saturated heterocycles. The van der Waals surface area contributed by atoms with Gasteiger partial charge >= 0.3 is 0 Å². The summed E-state index contributed by atoms with van der Waals surface area (Å²) < 4.78 is 1.73. The van der Waals surface area contributed by atoms with E-state index in [9.17, 15) is 4.79 Å². The van der Waals surface area contributed by atoms with Crippen molar-refractivity contribution in [2.75, 3.05) is 5.32 Å². The van der Waals surface area contributed by atoms with Gasteiger partial charge in [0, 0.05) is 18.4 Å². The van der Waals surface area contributed by atoms with Gasteiger partial charge in [0.1, 0.15) is 0 Å². The van der Waals surface area contributed by atoms with E-state index in [1.54, 1.807) is 4.68 Å². The SMILES string of the molecule is Cc1cccc(C)c1NC(=O)c1c(C)nn(C)c1C. The Balaban J connectivity index is 2.36. The van der Waals surface area contributed by atoms with Crippen molar-refractivity contribution in [3.05, 3.63) is 46.3 Å². The second-order valence-corrected chi connectivity index (χ2v) is 4.89. The van der Waals surface area contributed by atoms with Crippen LogP contribution < -0.4 is 5.32 Å². The molecule has 0 unspecified atom stereocenters. The molecule has 100 valence electrons. The van der Waals surface area contributed by atoms with Gasteiger partial charge in [-0.1, -0.05) is 18.2 Å². The highest BCUT2D eigenvalue weighted by Gasteiger charge is 2.18. The number of rotatable bonds is 2. The third-order valence-electron chi connectivity index (χ3n) is 3.46. The molecule has 1 aromatic heterocycles. The fourth-order valence-electron chi connectivity index (χ4n) is 2.29. The maximum Gasteiger partial charge on any atom is 0.259 e. The molecule has 4 heteroatoms. The summed E-state index contributed by atoms with van der Waals surface area (Å²) in [7, 11) is 1.85. The average molecular weight is 257 g/mol. The highest BCUT2D eigenvalue weighted by molar-refractivity contribution is 6.06. The van der Waals surface area contributed by atoms with Crippen LogP contribution >= 0.6 is 0 Å². The first-order valence-corrected chi connectivity index (χ1v) is 6.29. The van der Waals surface area contributed by atoms with Crippen LogP contribution in [0.15, 0.2) is 18.2 Å². The number of hydrogen-bond acceptors (Lipinski definition) is 2. The van der Waals surface area contributed by atoms with Gasteiger partial charge in [0.05, 0.1) is 11.3 Å². The van der Waals surface area contributed by atoms with E-state index in [0.29, 0.717) is 5.56 Å². The lowest BCUT2D eigenvalue weighted by Crippen LogP contribution is -2.15. The Morgan fingerprint density at radius 1 is 1.16 bits per heavy atom. The minimum atomic E-state index is -0.0968. The van der Waals surface area contributed by atoms with E-state index in [1.165, 1.54) is 0 Å². The summed E-state index contributed by atoms with van der Waals surface area (Å²) in [5.41, 5.74) is 5.30. The summed E-state index contributed by atoms with van der Waals surface area (Å²) in [6.45, 7) is 7.74. The van der Waals surface area contributed by atoms with Gasteiger partial charge in [0.15, 0.2) is 0 Å². The lowest BCUT2D eigenvalue weighted by atomic mass is 10.1. The smallest absolute Gasteiger partial charge is 0.259 e. The van der Waals surface area contributed by atoms with E-state index in [1.807, 2.05) is 52.9 Å². The number of carbonyl (C=O) groups is 1. The Bertz CT molecular complexity index is 621. The number of nitrogens with zero attached hydrogens (tertiary/aromatic N) is 2. The molecular weight excluding hydrogens is 238 g/mol. The lowest BCUT2D eigenvalue weighted by molar-refractivity contribution is 0.102. The number of nitrogens with one attached hydrogen (secondary N) is 1. The molecule has 0 aliphatic rings. The summed E-state index contributed by atoms with van der Waals surface area (Å²) >= 11 is 0. The molecule has 0 fully saturated rings. The third-order valence-corrected chi connectivity index (χ3v) is 3.46. The summed E-state index contributed by atoms with van der Waals surface area (Å²) in [6.07, 6.45) is 0. The molecule has 19 heavy (non-hydrogen) atoms. The molecule has 0 saturated carbocycles. The van der Waals surface area contributed by atoms with E-state index < -0.39 is 0 Å². The van der Waals surface area contributed by atoms with Crippen molar-refractivity contribution in [2.45, 2.75) is 27.7 Å². The van der Waals surface area contributed by atoms with Crippen LogP contribution in [0.25, 0.3) is 0 Å². The molecule has 1 amide bonds. The molecule has 2 rings (SSSR count). The van der Waals surface area contributed by atoms with Crippen LogP contribution in [0, 0.1) is 27.7 Å². The highest BCUT2D eigenvalue weighted by atomic mass is 16.1. The van der Waals surface area contributed by atoms with Crippen LogP contribution in [0.3, 0.4) is 0 Å². The van der Waals surface area contributed by atoms with Crippen molar-refractivity contribution in [3.63, 3.8) is 0 Å². The summed E-state index contributed by atoms with van der Waals surface area (Å²) in [5, 5.41) is 7.27. The Hall–Kier alpha value is -2.10. The molecule has 1 heterocycles. The Kier molecular flexibility index (Phi) is 3.42. The Labute approximate surface area is 113 Å². The van der Waals surface area contributed by atoms with E-state index in [0.717, 1.165) is 28.2 Å². The Morgan fingerprint density at radius 2 is 1.74 bits per heavy atom. The van der Waals surface area contributed by atoms with Gasteiger partial charge in [0.2, 0.25) is 0 Å². The van der Waals surface area contributed by atoms with Crippen LogP contribution in [-0.2, 0) is 7.05 Å². The monoisotopic (exact) mass is 257 g/mol. The van der Waals surface area contributed by atoms with Crippen molar-refractivity contribution < 1.29 is 4.79 Å². The number of aryl methyl sites for hydroxylation is 4. The molecule has 0 bridgehead atoms. The van der Waals surface area contributed by atoms with Crippen LogP contribution in [0.5, 0.6) is 0 Å². The van der Waals surface area contributed by atoms with Gasteiger partial charge < -0.3 is 5.32 Å². The molecule has 4 nitrogen and oxygen atoms in total. The molecule has 1 aromatic carbocycles. The first-order valence-electron chi connectivity index (χ1n) is 6.29. The highest BCUT2D eigenvalue weighted by Crippen LogP contribution is 2.21. The fraction of sp³-hybridized carbons (Fsp3) is 0.333. The maximum atomic E-state index is 12.4. The number of amides is 1. The van der Waals surface area contributed by atoms with Gasteiger partial charge in [-0.2, -0.15) is 5.10 Å². The summed E-state index contributed by atoms with van der Waals surface area (Å²) in [5.74, 6) is -0.0968. The Morgan fingerprint density at radius 3 is 2.21 bits per heavy atom. The zero-order chi connectivity index (χ0) is 14.2. The van der Waals surface area contributed by atoms with Gasteiger partial charge in [-0.15, -0.1) is 0 Å². The number of benzene rings is 1. The number of hydrogen-bond donors (Lipinski definition) is 1. The van der Waals surface area contributed by atoms with Crippen molar-refractivity contribution in [1.29, 1.82) is 0 Å². The number of aromatic nitrogens is 2. The normalized spacial score (nSPS) is 10.6. The van der Waals surface area contributed by atoms with E-state index >= 15 is 0 Å². The van der Waals surface area contributed by atoms with Crippen LogP contribution in [0.1, 0.15) is 32.9 Å². The van der Waals surface area contributed by atoms with Gasteiger partial charge in [0.25, 0.3) is 5.91 Å². The quantitative estimate of drug-likeness (QED) is 0.899. The molecule has 2 aromatic rings. The standard InChI is InChI=1S/C15H19N3O/c1-9-7-6-8-10(2)14(9)16-15(19)13-11(3)17-18(5)12(13)4/h6-8H,1-5H3,(H,16,19). The topological polar surface area (TPSA) is 46.9 Å². The molecular formula is C15H19N3O. The molecule has 0 aliphatic heterocycles. The third kappa shape index (κ3) is 2.38. The van der Waals surface area contributed by atoms with Crippen molar-refractivity contribution >= 4 is 11.6 Å². The zero-order valence-corrected chi connectivity index (χ0v) is 12.0. The molecule has 0 aliphatic carbocycles.